The summed E-state index contributed by atoms with van der Waals surface area (Å²) < 4.78 is 0. The van der Waals surface area contributed by atoms with E-state index in [1.165, 1.54) is 12.4 Å². The Bertz CT molecular complexity index is 325. The summed E-state index contributed by atoms with van der Waals surface area (Å²) >= 11 is 5.55. The Balaban J connectivity index is 2.43. The second kappa shape index (κ2) is 5.63. The highest BCUT2D eigenvalue weighted by molar-refractivity contribution is 6.29. The Morgan fingerprint density at radius 3 is 2.73 bits per heavy atom. The minimum absolute atomic E-state index is 0.235. The predicted octanol–water partition coefficient (Wildman–Crippen LogP) is 0.421. The molecule has 15 heavy (non-hydrogen) atoms. The monoisotopic (exact) mass is 228 g/mol. The number of carbonyl (C=O) groups excluding carboxylic acids is 1. The van der Waals surface area contributed by atoms with Crippen LogP contribution in [0.1, 0.15) is 10.5 Å². The first-order chi connectivity index (χ1) is 7.09. The number of nitrogens with one attached hydrogen (secondary N) is 1. The van der Waals surface area contributed by atoms with Crippen LogP contribution in [-0.2, 0) is 0 Å². The van der Waals surface area contributed by atoms with E-state index in [0.717, 1.165) is 6.54 Å². The van der Waals surface area contributed by atoms with Crippen LogP contribution in [0.2, 0.25) is 5.15 Å². The van der Waals surface area contributed by atoms with Gasteiger partial charge in [-0.15, -0.1) is 0 Å². The number of hydrogen-bond donors (Lipinski definition) is 1. The van der Waals surface area contributed by atoms with E-state index in [9.17, 15) is 4.79 Å². The van der Waals surface area contributed by atoms with E-state index in [0.29, 0.717) is 6.54 Å². The molecule has 1 N–H and O–H groups in total. The lowest BCUT2D eigenvalue weighted by molar-refractivity contribution is 0.0945. The number of hydrogen-bond acceptors (Lipinski definition) is 4. The van der Waals surface area contributed by atoms with Gasteiger partial charge in [-0.3, -0.25) is 4.79 Å². The van der Waals surface area contributed by atoms with Crippen LogP contribution in [0.25, 0.3) is 0 Å². The van der Waals surface area contributed by atoms with Gasteiger partial charge in [0.1, 0.15) is 10.8 Å². The second-order valence-corrected chi connectivity index (χ2v) is 3.67. The normalized spacial score (nSPS) is 10.4. The number of amides is 1. The Kier molecular flexibility index (Phi) is 4.45. The first-order valence-electron chi connectivity index (χ1n) is 4.50. The molecule has 6 heteroatoms. The molecular formula is C9H13ClN4O. The largest absolute Gasteiger partial charge is 0.349 e. The minimum Gasteiger partial charge on any atom is -0.349 e. The van der Waals surface area contributed by atoms with E-state index < -0.39 is 0 Å². The van der Waals surface area contributed by atoms with Crippen molar-refractivity contribution < 1.29 is 4.79 Å². The van der Waals surface area contributed by atoms with Crippen LogP contribution in [0, 0.1) is 0 Å². The van der Waals surface area contributed by atoms with E-state index >= 15 is 0 Å². The van der Waals surface area contributed by atoms with Gasteiger partial charge in [-0.2, -0.15) is 0 Å². The smallest absolute Gasteiger partial charge is 0.271 e. The highest BCUT2D eigenvalue weighted by atomic mass is 35.5. The summed E-state index contributed by atoms with van der Waals surface area (Å²) in [5, 5.41) is 3.00. The topological polar surface area (TPSA) is 58.1 Å². The first-order valence-corrected chi connectivity index (χ1v) is 4.88. The molecule has 0 fully saturated rings. The van der Waals surface area contributed by atoms with Gasteiger partial charge in [0.2, 0.25) is 0 Å². The third-order valence-electron chi connectivity index (χ3n) is 1.70. The van der Waals surface area contributed by atoms with E-state index in [4.69, 9.17) is 11.6 Å². The van der Waals surface area contributed by atoms with Crippen molar-refractivity contribution in [1.82, 2.24) is 20.2 Å². The van der Waals surface area contributed by atoms with Crippen molar-refractivity contribution in [3.63, 3.8) is 0 Å². The maximum atomic E-state index is 11.5. The number of likely N-dealkylation sites (N-methyl/N-ethyl adjacent to an activating group) is 1. The standard InChI is InChI=1S/C9H13ClN4O/c1-14(2)4-3-11-9(15)7-5-13-8(10)6-12-7/h5-6H,3-4H2,1-2H3,(H,11,15). The van der Waals surface area contributed by atoms with Crippen LogP contribution in [-0.4, -0.2) is 48.0 Å². The molecule has 1 aromatic rings. The second-order valence-electron chi connectivity index (χ2n) is 3.28. The zero-order chi connectivity index (χ0) is 11.3. The third kappa shape index (κ3) is 4.22. The summed E-state index contributed by atoms with van der Waals surface area (Å²) in [6, 6.07) is 0. The molecule has 0 unspecified atom stereocenters. The molecule has 0 saturated carbocycles. The molecule has 0 aliphatic heterocycles. The van der Waals surface area contributed by atoms with Crippen molar-refractivity contribution in [2.75, 3.05) is 27.2 Å². The van der Waals surface area contributed by atoms with Gasteiger partial charge in [0.15, 0.2) is 0 Å². The maximum Gasteiger partial charge on any atom is 0.271 e. The van der Waals surface area contributed by atoms with Crippen LogP contribution in [0.15, 0.2) is 12.4 Å². The van der Waals surface area contributed by atoms with Crippen LogP contribution >= 0.6 is 11.6 Å². The lowest BCUT2D eigenvalue weighted by atomic mass is 10.4. The van der Waals surface area contributed by atoms with Gasteiger partial charge >= 0.3 is 0 Å². The first kappa shape index (κ1) is 11.9. The highest BCUT2D eigenvalue weighted by Crippen LogP contribution is 2.00. The SMILES string of the molecule is CN(C)CCNC(=O)c1cnc(Cl)cn1. The summed E-state index contributed by atoms with van der Waals surface area (Å²) in [6.45, 7) is 1.36. The van der Waals surface area contributed by atoms with Crippen LogP contribution < -0.4 is 5.32 Å². The quantitative estimate of drug-likeness (QED) is 0.812. The fourth-order valence-corrected chi connectivity index (χ4v) is 1.01. The average Bonchev–Trinajstić information content (AvgIpc) is 2.18. The molecule has 82 valence electrons. The molecule has 0 bridgehead atoms. The van der Waals surface area contributed by atoms with Crippen molar-refractivity contribution in [2.24, 2.45) is 0 Å². The Morgan fingerprint density at radius 2 is 2.20 bits per heavy atom. The number of halogens is 1. The van der Waals surface area contributed by atoms with E-state index in [1.807, 2.05) is 19.0 Å². The number of nitrogens with zero attached hydrogens (tertiary/aromatic N) is 3. The van der Waals surface area contributed by atoms with Gasteiger partial charge in [-0.25, -0.2) is 9.97 Å². The van der Waals surface area contributed by atoms with Crippen molar-refractivity contribution in [1.29, 1.82) is 0 Å². The molecule has 5 nitrogen and oxygen atoms in total. The fourth-order valence-electron chi connectivity index (χ4n) is 0.913. The minimum atomic E-state index is -0.235. The molecule has 1 rings (SSSR count). The molecular weight excluding hydrogens is 216 g/mol. The molecule has 1 amide bonds. The van der Waals surface area contributed by atoms with Gasteiger partial charge in [-0.1, -0.05) is 11.6 Å². The van der Waals surface area contributed by atoms with Gasteiger partial charge < -0.3 is 10.2 Å². The zero-order valence-corrected chi connectivity index (χ0v) is 9.45. The van der Waals surface area contributed by atoms with E-state index in [-0.39, 0.29) is 16.8 Å². The van der Waals surface area contributed by atoms with E-state index in [2.05, 4.69) is 15.3 Å². The van der Waals surface area contributed by atoms with Gasteiger partial charge in [0.25, 0.3) is 5.91 Å². The zero-order valence-electron chi connectivity index (χ0n) is 8.70. The van der Waals surface area contributed by atoms with Gasteiger partial charge in [0.05, 0.1) is 12.4 Å². The molecule has 0 aliphatic rings. The van der Waals surface area contributed by atoms with Crippen LogP contribution in [0.3, 0.4) is 0 Å². The van der Waals surface area contributed by atoms with Gasteiger partial charge in [0, 0.05) is 13.1 Å². The number of aromatic nitrogens is 2. The molecule has 0 saturated heterocycles. The van der Waals surface area contributed by atoms with Crippen molar-refractivity contribution in [3.05, 3.63) is 23.2 Å². The predicted molar refractivity (Wildman–Crippen MR) is 57.9 cm³/mol. The Labute approximate surface area is 93.5 Å². The summed E-state index contributed by atoms with van der Waals surface area (Å²) in [5.74, 6) is -0.235. The van der Waals surface area contributed by atoms with Crippen molar-refractivity contribution in [2.45, 2.75) is 0 Å². The van der Waals surface area contributed by atoms with Crippen LogP contribution in [0.5, 0.6) is 0 Å². The van der Waals surface area contributed by atoms with Crippen LogP contribution in [0.4, 0.5) is 0 Å². The summed E-state index contributed by atoms with van der Waals surface area (Å²) in [4.78, 5) is 21.1. The molecule has 0 radical (unpaired) electrons. The average molecular weight is 229 g/mol. The highest BCUT2D eigenvalue weighted by Gasteiger charge is 2.06. The fraction of sp³-hybridized carbons (Fsp3) is 0.444. The number of carbonyl (C=O) groups is 1. The van der Waals surface area contributed by atoms with Crippen molar-refractivity contribution in [3.8, 4) is 0 Å². The van der Waals surface area contributed by atoms with Gasteiger partial charge in [-0.05, 0) is 14.1 Å². The maximum absolute atomic E-state index is 11.5. The lowest BCUT2D eigenvalue weighted by Gasteiger charge is -2.09. The molecule has 1 heterocycles. The Hall–Kier alpha value is -1.20. The lowest BCUT2D eigenvalue weighted by Crippen LogP contribution is -2.31. The summed E-state index contributed by atoms with van der Waals surface area (Å²) in [7, 11) is 3.88. The molecule has 0 spiro atoms. The molecule has 0 atom stereocenters. The van der Waals surface area contributed by atoms with E-state index in [1.54, 1.807) is 0 Å². The Morgan fingerprint density at radius 1 is 1.47 bits per heavy atom. The third-order valence-corrected chi connectivity index (χ3v) is 1.89. The summed E-state index contributed by atoms with van der Waals surface area (Å²) in [5.41, 5.74) is 0.276. The molecule has 0 aliphatic carbocycles. The molecule has 0 aromatic carbocycles. The van der Waals surface area contributed by atoms with Crippen molar-refractivity contribution >= 4 is 17.5 Å². The summed E-state index contributed by atoms with van der Waals surface area (Å²) in [6.07, 6.45) is 2.70. The molecule has 1 aromatic heterocycles. The number of rotatable bonds is 4.